The second-order valence-corrected chi connectivity index (χ2v) is 5.14. The van der Waals surface area contributed by atoms with Crippen molar-refractivity contribution in [2.75, 3.05) is 13.2 Å². The molecule has 1 unspecified atom stereocenters. The van der Waals surface area contributed by atoms with Gasteiger partial charge in [-0.3, -0.25) is 0 Å². The molecule has 2 rings (SSSR count). The first kappa shape index (κ1) is 16.3. The van der Waals surface area contributed by atoms with Crippen LogP contribution in [0.2, 0.25) is 5.15 Å². The van der Waals surface area contributed by atoms with Crippen LogP contribution in [-0.2, 0) is 14.3 Å². The van der Waals surface area contributed by atoms with Gasteiger partial charge in [0.2, 0.25) is 5.00 Å². The number of esters is 2. The molecule has 6 nitrogen and oxygen atoms in total. The van der Waals surface area contributed by atoms with E-state index >= 15 is 0 Å². The van der Waals surface area contributed by atoms with Gasteiger partial charge in [0.25, 0.3) is 0 Å². The molecule has 2 heterocycles. The second kappa shape index (κ2) is 7.29. The van der Waals surface area contributed by atoms with E-state index in [0.717, 1.165) is 0 Å². The van der Waals surface area contributed by atoms with Crippen LogP contribution >= 0.6 is 23.2 Å². The Morgan fingerprint density at radius 2 is 2.05 bits per heavy atom. The second-order valence-electron chi connectivity index (χ2n) is 4.19. The highest BCUT2D eigenvalue weighted by Crippen LogP contribution is 2.18. The lowest BCUT2D eigenvalue weighted by molar-refractivity contribution is -0.147. The number of carbonyl (C=O) groups is 2. The number of nitrogens with one attached hydrogen (secondary N) is 1. The molecule has 0 spiro atoms. The van der Waals surface area contributed by atoms with Gasteiger partial charge in [0.05, 0.1) is 5.56 Å². The van der Waals surface area contributed by atoms with Gasteiger partial charge >= 0.3 is 11.9 Å². The predicted octanol–water partition coefficient (Wildman–Crippen LogP) is 2.04. The molecule has 0 amide bonds. The van der Waals surface area contributed by atoms with E-state index in [4.69, 9.17) is 32.7 Å². The molecule has 0 aromatic carbocycles. The number of ether oxygens (including phenoxy) is 2. The summed E-state index contributed by atoms with van der Waals surface area (Å²) in [5.74, 6) is -1.33. The summed E-state index contributed by atoms with van der Waals surface area (Å²) in [5.41, 5.74) is 0.145. The molecule has 1 aliphatic heterocycles. The average Bonchev–Trinajstić information content (AvgIpc) is 2.52. The zero-order valence-electron chi connectivity index (χ0n) is 11.3. The highest BCUT2D eigenvalue weighted by atomic mass is 35.5. The Kier molecular flexibility index (Phi) is 5.41. The smallest absolute Gasteiger partial charge is 0.351 e. The number of alkyl halides is 1. The normalized spacial score (nSPS) is 19.4. The Hall–Kier alpha value is -2.05. The van der Waals surface area contributed by atoms with E-state index in [-0.39, 0.29) is 23.9 Å². The summed E-state index contributed by atoms with van der Waals surface area (Å²) in [6.07, 6.45) is 7.75. The number of rotatable bonds is 5. The van der Waals surface area contributed by atoms with Crippen molar-refractivity contribution in [2.45, 2.75) is 5.00 Å². The summed E-state index contributed by atoms with van der Waals surface area (Å²) in [4.78, 5) is 25.9. The SMILES string of the molecule is O=C(OCCOC(=O)C1(Cl)C=CC=CN1)c1cccnc1Cl. The van der Waals surface area contributed by atoms with Crippen molar-refractivity contribution in [1.29, 1.82) is 0 Å². The fraction of sp³-hybridized carbons (Fsp3) is 0.214. The molecule has 0 radical (unpaired) electrons. The fourth-order valence-electron chi connectivity index (χ4n) is 1.58. The summed E-state index contributed by atoms with van der Waals surface area (Å²) in [7, 11) is 0. The van der Waals surface area contributed by atoms with Crippen LogP contribution in [0.3, 0.4) is 0 Å². The Labute approximate surface area is 136 Å². The number of carbonyl (C=O) groups excluding carboxylic acids is 2. The van der Waals surface area contributed by atoms with Gasteiger partial charge < -0.3 is 14.8 Å². The molecular formula is C14H12Cl2N2O4. The van der Waals surface area contributed by atoms with Crippen LogP contribution in [0.25, 0.3) is 0 Å². The number of allylic oxidation sites excluding steroid dienone is 2. The highest BCUT2D eigenvalue weighted by molar-refractivity contribution is 6.35. The Morgan fingerprint density at radius 3 is 2.73 bits per heavy atom. The summed E-state index contributed by atoms with van der Waals surface area (Å²) < 4.78 is 9.90. The maximum Gasteiger partial charge on any atom is 0.351 e. The van der Waals surface area contributed by atoms with E-state index in [2.05, 4.69) is 10.3 Å². The number of nitrogens with zero attached hydrogens (tertiary/aromatic N) is 1. The van der Waals surface area contributed by atoms with Crippen molar-refractivity contribution < 1.29 is 19.1 Å². The highest BCUT2D eigenvalue weighted by Gasteiger charge is 2.34. The van der Waals surface area contributed by atoms with E-state index in [1.54, 1.807) is 18.2 Å². The number of hydrogen-bond acceptors (Lipinski definition) is 6. The monoisotopic (exact) mass is 342 g/mol. The number of pyridine rings is 1. The predicted molar refractivity (Wildman–Crippen MR) is 80.5 cm³/mol. The molecular weight excluding hydrogens is 331 g/mol. The molecule has 0 saturated heterocycles. The Balaban J connectivity index is 1.77. The Morgan fingerprint density at radius 1 is 1.27 bits per heavy atom. The van der Waals surface area contributed by atoms with Crippen LogP contribution < -0.4 is 5.32 Å². The summed E-state index contributed by atoms with van der Waals surface area (Å²) in [5, 5.41) is 2.72. The molecule has 1 N–H and O–H groups in total. The van der Waals surface area contributed by atoms with E-state index in [9.17, 15) is 9.59 Å². The lowest BCUT2D eigenvalue weighted by Gasteiger charge is -2.23. The van der Waals surface area contributed by atoms with E-state index in [1.165, 1.54) is 24.5 Å². The van der Waals surface area contributed by atoms with E-state index in [0.29, 0.717) is 0 Å². The van der Waals surface area contributed by atoms with Gasteiger partial charge in [0, 0.05) is 6.20 Å². The summed E-state index contributed by atoms with van der Waals surface area (Å²) in [6.45, 7) is -0.252. The molecule has 0 saturated carbocycles. The maximum atomic E-state index is 11.8. The summed E-state index contributed by atoms with van der Waals surface area (Å²) in [6, 6.07) is 3.05. The van der Waals surface area contributed by atoms with Crippen molar-refractivity contribution >= 4 is 35.1 Å². The van der Waals surface area contributed by atoms with Crippen LogP contribution in [0.4, 0.5) is 0 Å². The van der Waals surface area contributed by atoms with Gasteiger partial charge in [-0.2, -0.15) is 0 Å². The van der Waals surface area contributed by atoms with Gasteiger partial charge in [-0.1, -0.05) is 29.3 Å². The minimum atomic E-state index is -1.44. The van der Waals surface area contributed by atoms with Crippen molar-refractivity contribution in [3.8, 4) is 0 Å². The standard InChI is InChI=1S/C14H12Cl2N2O4/c15-11-10(4-3-6-17-11)12(19)21-8-9-22-13(20)14(16)5-1-2-7-18-14/h1-7,18H,8-9H2. The lowest BCUT2D eigenvalue weighted by atomic mass is 10.2. The number of halogens is 2. The van der Waals surface area contributed by atoms with Gasteiger partial charge in [-0.05, 0) is 30.5 Å². The average molecular weight is 343 g/mol. The van der Waals surface area contributed by atoms with Crippen molar-refractivity contribution in [3.05, 3.63) is 53.5 Å². The first-order valence-corrected chi connectivity index (χ1v) is 7.04. The molecule has 1 aromatic heterocycles. The Bertz CT molecular complexity index is 633. The number of dihydropyridines is 1. The first-order chi connectivity index (χ1) is 10.5. The number of hydrogen-bond donors (Lipinski definition) is 1. The third kappa shape index (κ3) is 3.99. The maximum absolute atomic E-state index is 11.8. The molecule has 116 valence electrons. The van der Waals surface area contributed by atoms with Gasteiger partial charge in [-0.15, -0.1) is 0 Å². The van der Waals surface area contributed by atoms with Crippen LogP contribution in [-0.4, -0.2) is 35.1 Å². The van der Waals surface area contributed by atoms with Crippen molar-refractivity contribution in [3.63, 3.8) is 0 Å². The molecule has 1 aliphatic rings. The molecule has 1 aromatic rings. The minimum Gasteiger partial charge on any atom is -0.459 e. The van der Waals surface area contributed by atoms with Gasteiger partial charge in [-0.25, -0.2) is 14.6 Å². The first-order valence-electron chi connectivity index (χ1n) is 6.29. The minimum absolute atomic E-state index is 0.0486. The number of aromatic nitrogens is 1. The van der Waals surface area contributed by atoms with E-state index < -0.39 is 16.9 Å². The van der Waals surface area contributed by atoms with Crippen LogP contribution in [0.15, 0.2) is 42.8 Å². The third-order valence-electron chi connectivity index (χ3n) is 2.65. The third-order valence-corrected chi connectivity index (χ3v) is 3.34. The summed E-state index contributed by atoms with van der Waals surface area (Å²) >= 11 is 11.8. The van der Waals surface area contributed by atoms with Gasteiger partial charge in [0.1, 0.15) is 18.4 Å². The quantitative estimate of drug-likeness (QED) is 0.290. The lowest BCUT2D eigenvalue weighted by Crippen LogP contribution is -2.45. The molecule has 22 heavy (non-hydrogen) atoms. The van der Waals surface area contributed by atoms with E-state index in [1.807, 2.05) is 0 Å². The topological polar surface area (TPSA) is 77.5 Å². The molecule has 0 bridgehead atoms. The van der Waals surface area contributed by atoms with Crippen LogP contribution in [0, 0.1) is 0 Å². The molecule has 0 fully saturated rings. The zero-order valence-corrected chi connectivity index (χ0v) is 12.8. The fourth-order valence-corrected chi connectivity index (χ4v) is 1.96. The largest absolute Gasteiger partial charge is 0.459 e. The van der Waals surface area contributed by atoms with Crippen LogP contribution in [0.1, 0.15) is 10.4 Å². The zero-order chi connectivity index (χ0) is 16.0. The van der Waals surface area contributed by atoms with Crippen LogP contribution in [0.5, 0.6) is 0 Å². The molecule has 1 atom stereocenters. The molecule has 0 aliphatic carbocycles. The molecule has 8 heteroatoms. The van der Waals surface area contributed by atoms with Crippen molar-refractivity contribution in [2.24, 2.45) is 0 Å². The van der Waals surface area contributed by atoms with Gasteiger partial charge in [0.15, 0.2) is 0 Å². The van der Waals surface area contributed by atoms with Crippen molar-refractivity contribution in [1.82, 2.24) is 10.3 Å².